The molecule has 2 heterocycles. The van der Waals surface area contributed by atoms with Crippen LogP contribution in [0.25, 0.3) is 0 Å². The van der Waals surface area contributed by atoms with Crippen LogP contribution in [0.5, 0.6) is 0 Å². The minimum Gasteiger partial charge on any atom is -0.360 e. The quantitative estimate of drug-likeness (QED) is 0.713. The van der Waals surface area contributed by atoms with Crippen molar-refractivity contribution in [2.24, 2.45) is 0 Å². The molecule has 1 aliphatic heterocycles. The van der Waals surface area contributed by atoms with Gasteiger partial charge in [0.25, 0.3) is 0 Å². The molecule has 0 aromatic carbocycles. The average Bonchev–Trinajstić information content (AvgIpc) is 3.00. The van der Waals surface area contributed by atoms with Crippen molar-refractivity contribution in [3.63, 3.8) is 0 Å². The monoisotopic (exact) mass is 379 g/mol. The highest BCUT2D eigenvalue weighted by Crippen LogP contribution is 2.19. The molecule has 1 aromatic heterocycles. The highest BCUT2D eigenvalue weighted by atomic mass is 32.2. The molecule has 11 heteroatoms. The Morgan fingerprint density at radius 1 is 1.42 bits per heavy atom. The van der Waals surface area contributed by atoms with Gasteiger partial charge in [0.2, 0.25) is 15.9 Å². The molecule has 0 aliphatic carbocycles. The first-order valence-corrected chi connectivity index (χ1v) is 10.8. The molecule has 0 radical (unpaired) electrons. The van der Waals surface area contributed by atoms with E-state index in [1.807, 2.05) is 0 Å². The smallest absolute Gasteiger partial charge is 0.246 e. The van der Waals surface area contributed by atoms with Gasteiger partial charge in [0.05, 0.1) is 18.1 Å². The molecule has 1 aromatic rings. The van der Waals surface area contributed by atoms with E-state index in [1.54, 1.807) is 6.92 Å². The summed E-state index contributed by atoms with van der Waals surface area (Å²) in [4.78, 5) is 13.6. The third-order valence-electron chi connectivity index (χ3n) is 3.96. The van der Waals surface area contributed by atoms with Gasteiger partial charge in [-0.3, -0.25) is 4.79 Å². The maximum atomic E-state index is 12.3. The topological polar surface area (TPSA) is 127 Å². The van der Waals surface area contributed by atoms with Crippen molar-refractivity contribution in [1.29, 1.82) is 0 Å². The van der Waals surface area contributed by atoms with E-state index in [0.29, 0.717) is 13.0 Å². The van der Waals surface area contributed by atoms with E-state index in [2.05, 4.69) is 9.88 Å². The lowest BCUT2D eigenvalue weighted by Gasteiger charge is -2.26. The molecule has 1 aliphatic rings. The molecule has 1 N–H and O–H groups in total. The van der Waals surface area contributed by atoms with Crippen molar-refractivity contribution >= 4 is 25.8 Å². The lowest BCUT2D eigenvalue weighted by atomic mass is 10.2. The Balaban J connectivity index is 2.06. The number of likely N-dealkylation sites (N-methyl/N-ethyl adjacent to an activating group) is 1. The summed E-state index contributed by atoms with van der Waals surface area (Å²) in [5.41, 5.74) is 0.210. The second-order valence-corrected chi connectivity index (χ2v) is 9.65. The first-order valence-electron chi connectivity index (χ1n) is 7.50. The normalized spacial score (nSPS) is 20.2. The van der Waals surface area contributed by atoms with Gasteiger partial charge in [-0.1, -0.05) is 5.16 Å². The second kappa shape index (κ2) is 6.81. The van der Waals surface area contributed by atoms with Gasteiger partial charge in [-0.15, -0.1) is 0 Å². The van der Waals surface area contributed by atoms with E-state index in [-0.39, 0.29) is 27.9 Å². The average molecular weight is 379 g/mol. The fourth-order valence-electron chi connectivity index (χ4n) is 2.85. The minimum atomic E-state index is -3.93. The lowest BCUT2D eigenvalue weighted by Crippen LogP contribution is -2.46. The zero-order valence-electron chi connectivity index (χ0n) is 13.8. The number of nitrogens with zero attached hydrogens (tertiary/aromatic N) is 2. The predicted octanol–water partition coefficient (Wildman–Crippen LogP) is -0.395. The summed E-state index contributed by atoms with van der Waals surface area (Å²) in [5, 5.41) is 3.58. The molecule has 1 unspecified atom stereocenters. The Kier molecular flexibility index (Phi) is 5.35. The maximum absolute atomic E-state index is 12.3. The van der Waals surface area contributed by atoms with E-state index in [4.69, 9.17) is 4.52 Å². The van der Waals surface area contributed by atoms with E-state index in [1.165, 1.54) is 18.7 Å². The summed E-state index contributed by atoms with van der Waals surface area (Å²) >= 11 is 0. The van der Waals surface area contributed by atoms with Crippen molar-refractivity contribution in [1.82, 2.24) is 14.8 Å². The molecule has 2 rings (SSSR count). The Bertz CT molecular complexity index is 808. The number of amides is 1. The van der Waals surface area contributed by atoms with E-state index < -0.39 is 38.4 Å². The fourth-order valence-corrected chi connectivity index (χ4v) is 5.88. The summed E-state index contributed by atoms with van der Waals surface area (Å²) in [6, 6.07) is -0.406. The molecular formula is C13H21N3O6S2. The number of sulfone groups is 1. The number of carbonyl (C=O) groups excluding carboxylic acids is 1. The number of sulfonamides is 1. The Hall–Kier alpha value is -1.46. The van der Waals surface area contributed by atoms with Gasteiger partial charge in [-0.25, -0.2) is 21.6 Å². The Labute approximate surface area is 141 Å². The van der Waals surface area contributed by atoms with E-state index in [0.717, 1.165) is 0 Å². The standard InChI is InChI=1S/C13H21N3O6S2/c1-4-16(11-5-6-23(18,19)8-11)12(17)7-14-24(20,21)13-9(2)15-22-10(13)3/h11,14H,4-8H2,1-3H3. The highest BCUT2D eigenvalue weighted by molar-refractivity contribution is 7.91. The van der Waals surface area contributed by atoms with Gasteiger partial charge < -0.3 is 9.42 Å². The van der Waals surface area contributed by atoms with Gasteiger partial charge in [-0.2, -0.15) is 0 Å². The first-order chi connectivity index (χ1) is 11.1. The number of aromatic nitrogens is 1. The molecule has 1 saturated heterocycles. The molecular weight excluding hydrogens is 358 g/mol. The molecule has 0 saturated carbocycles. The predicted molar refractivity (Wildman–Crippen MR) is 85.6 cm³/mol. The van der Waals surface area contributed by atoms with Gasteiger partial charge in [0.1, 0.15) is 10.6 Å². The van der Waals surface area contributed by atoms with Crippen molar-refractivity contribution in [2.75, 3.05) is 24.6 Å². The highest BCUT2D eigenvalue weighted by Gasteiger charge is 2.34. The van der Waals surface area contributed by atoms with Crippen LogP contribution in [-0.4, -0.2) is 63.4 Å². The van der Waals surface area contributed by atoms with Crippen LogP contribution in [0.3, 0.4) is 0 Å². The van der Waals surface area contributed by atoms with Crippen LogP contribution < -0.4 is 4.72 Å². The van der Waals surface area contributed by atoms with Crippen LogP contribution >= 0.6 is 0 Å². The number of nitrogens with one attached hydrogen (secondary N) is 1. The molecule has 1 atom stereocenters. The van der Waals surface area contributed by atoms with Crippen molar-refractivity contribution in [3.8, 4) is 0 Å². The molecule has 136 valence electrons. The number of carbonyl (C=O) groups is 1. The van der Waals surface area contributed by atoms with Crippen molar-refractivity contribution in [2.45, 2.75) is 38.1 Å². The third-order valence-corrected chi connectivity index (χ3v) is 7.36. The zero-order chi connectivity index (χ0) is 18.1. The Morgan fingerprint density at radius 3 is 2.54 bits per heavy atom. The van der Waals surface area contributed by atoms with Crippen LogP contribution in [-0.2, 0) is 24.7 Å². The zero-order valence-corrected chi connectivity index (χ0v) is 15.4. The first kappa shape index (κ1) is 18.9. The van der Waals surface area contributed by atoms with Crippen LogP contribution in [0.2, 0.25) is 0 Å². The largest absolute Gasteiger partial charge is 0.360 e. The maximum Gasteiger partial charge on any atom is 0.246 e. The molecule has 24 heavy (non-hydrogen) atoms. The van der Waals surface area contributed by atoms with Gasteiger partial charge >= 0.3 is 0 Å². The number of hydrogen-bond acceptors (Lipinski definition) is 7. The molecule has 1 fully saturated rings. The van der Waals surface area contributed by atoms with Crippen LogP contribution in [0.15, 0.2) is 9.42 Å². The van der Waals surface area contributed by atoms with Crippen LogP contribution in [0.4, 0.5) is 0 Å². The van der Waals surface area contributed by atoms with Gasteiger partial charge in [-0.05, 0) is 27.2 Å². The SMILES string of the molecule is CCN(C(=O)CNS(=O)(=O)c1c(C)noc1C)C1CCS(=O)(=O)C1. The summed E-state index contributed by atoms with van der Waals surface area (Å²) < 4.78 is 54.8. The molecule has 9 nitrogen and oxygen atoms in total. The Morgan fingerprint density at radius 2 is 2.08 bits per heavy atom. The molecule has 1 amide bonds. The third kappa shape index (κ3) is 3.95. The number of aryl methyl sites for hydroxylation is 2. The summed E-state index contributed by atoms with van der Waals surface area (Å²) in [6.07, 6.45) is 0.374. The van der Waals surface area contributed by atoms with Gasteiger partial charge in [0.15, 0.2) is 15.6 Å². The summed E-state index contributed by atoms with van der Waals surface area (Å²) in [7, 11) is -7.06. The lowest BCUT2D eigenvalue weighted by molar-refractivity contribution is -0.131. The van der Waals surface area contributed by atoms with E-state index in [9.17, 15) is 21.6 Å². The molecule has 0 spiro atoms. The second-order valence-electron chi connectivity index (χ2n) is 5.71. The number of rotatable bonds is 6. The summed E-state index contributed by atoms with van der Waals surface area (Å²) in [5.74, 6) is -0.355. The van der Waals surface area contributed by atoms with Crippen molar-refractivity contribution < 1.29 is 26.2 Å². The van der Waals surface area contributed by atoms with Crippen LogP contribution in [0, 0.1) is 13.8 Å². The van der Waals surface area contributed by atoms with E-state index >= 15 is 0 Å². The van der Waals surface area contributed by atoms with Gasteiger partial charge in [0, 0.05) is 12.6 Å². The summed E-state index contributed by atoms with van der Waals surface area (Å²) in [6.45, 7) is 4.56. The minimum absolute atomic E-state index is 0.0479. The van der Waals surface area contributed by atoms with Crippen LogP contribution in [0.1, 0.15) is 24.8 Å². The fraction of sp³-hybridized carbons (Fsp3) is 0.692. The number of hydrogen-bond donors (Lipinski definition) is 1. The molecule has 0 bridgehead atoms. The van der Waals surface area contributed by atoms with Crippen molar-refractivity contribution in [3.05, 3.63) is 11.5 Å².